The molecule has 0 saturated heterocycles. The van der Waals surface area contributed by atoms with E-state index < -0.39 is 0 Å². The summed E-state index contributed by atoms with van der Waals surface area (Å²) in [6.07, 6.45) is 2.69. The number of hydrogen-bond acceptors (Lipinski definition) is 3. The molecule has 0 aromatic carbocycles. The van der Waals surface area contributed by atoms with E-state index >= 15 is 0 Å². The van der Waals surface area contributed by atoms with Gasteiger partial charge < -0.3 is 5.73 Å². The van der Waals surface area contributed by atoms with Gasteiger partial charge in [0.2, 0.25) is 0 Å². The minimum Gasteiger partial charge on any atom is -0.318 e. The van der Waals surface area contributed by atoms with Crippen LogP contribution in [0.15, 0.2) is 17.6 Å². The minimum atomic E-state index is -0.184. The van der Waals surface area contributed by atoms with E-state index in [2.05, 4.69) is 30.4 Å². The quantitative estimate of drug-likeness (QED) is 0.925. The molecular weight excluding hydrogens is 254 g/mol. The summed E-state index contributed by atoms with van der Waals surface area (Å²) in [6, 6.07) is 1.89. The number of nitrogens with zero attached hydrogens (tertiary/aromatic N) is 2. The number of aromatic nitrogens is 2. The third-order valence-corrected chi connectivity index (χ3v) is 4.14. The minimum absolute atomic E-state index is 0.184. The monoisotopic (exact) mass is 269 g/mol. The lowest BCUT2D eigenvalue weighted by atomic mass is 10.1. The topological polar surface area (TPSA) is 43.8 Å². The molecule has 92 valence electrons. The molecule has 17 heavy (non-hydrogen) atoms. The Balaban J connectivity index is 2.39. The molecule has 0 fully saturated rings. The maximum Gasteiger partial charge on any atom is 0.0837 e. The molecule has 0 aliphatic carbocycles. The lowest BCUT2D eigenvalue weighted by molar-refractivity contribution is 0.561. The summed E-state index contributed by atoms with van der Waals surface area (Å²) in [7, 11) is 0. The highest BCUT2D eigenvalue weighted by Crippen LogP contribution is 2.31. The summed E-state index contributed by atoms with van der Waals surface area (Å²) in [5.41, 5.74) is 8.43. The Kier molecular flexibility index (Phi) is 3.86. The van der Waals surface area contributed by atoms with E-state index in [1.165, 1.54) is 5.56 Å². The van der Waals surface area contributed by atoms with Crippen molar-refractivity contribution in [1.29, 1.82) is 0 Å². The summed E-state index contributed by atoms with van der Waals surface area (Å²) in [6.45, 7) is 5.03. The van der Waals surface area contributed by atoms with E-state index in [-0.39, 0.29) is 6.04 Å². The molecule has 0 bridgehead atoms. The first-order valence-corrected chi connectivity index (χ1v) is 6.91. The smallest absolute Gasteiger partial charge is 0.0837 e. The van der Waals surface area contributed by atoms with E-state index in [4.69, 9.17) is 17.3 Å². The Morgan fingerprint density at radius 3 is 2.94 bits per heavy atom. The zero-order valence-electron chi connectivity index (χ0n) is 9.98. The third kappa shape index (κ3) is 2.39. The molecule has 1 unspecified atom stereocenters. The highest BCUT2D eigenvalue weighted by atomic mass is 35.5. The van der Waals surface area contributed by atoms with Crippen LogP contribution in [0.5, 0.6) is 0 Å². The van der Waals surface area contributed by atoms with Gasteiger partial charge in [0.1, 0.15) is 0 Å². The van der Waals surface area contributed by atoms with Crippen molar-refractivity contribution in [2.45, 2.75) is 32.9 Å². The Bertz CT molecular complexity index is 504. The first kappa shape index (κ1) is 12.6. The summed E-state index contributed by atoms with van der Waals surface area (Å²) >= 11 is 7.85. The highest BCUT2D eigenvalue weighted by molar-refractivity contribution is 7.10. The summed E-state index contributed by atoms with van der Waals surface area (Å²) in [4.78, 5) is 1.16. The zero-order chi connectivity index (χ0) is 12.4. The molecule has 2 rings (SSSR count). The molecule has 2 N–H and O–H groups in total. The second-order valence-electron chi connectivity index (χ2n) is 4.05. The number of halogens is 1. The number of rotatable bonds is 4. The van der Waals surface area contributed by atoms with Crippen molar-refractivity contribution in [1.82, 2.24) is 9.78 Å². The van der Waals surface area contributed by atoms with Gasteiger partial charge in [-0.25, -0.2) is 0 Å². The highest BCUT2D eigenvalue weighted by Gasteiger charge is 2.20. The SMILES string of the molecule is CCCn1ncc(Cl)c1C(N)c1sccc1C. The van der Waals surface area contributed by atoms with Gasteiger partial charge in [0, 0.05) is 11.4 Å². The van der Waals surface area contributed by atoms with Gasteiger partial charge >= 0.3 is 0 Å². The first-order chi connectivity index (χ1) is 8.15. The average Bonchev–Trinajstić information content (AvgIpc) is 2.86. The fourth-order valence-corrected chi connectivity index (χ4v) is 3.09. The van der Waals surface area contributed by atoms with Gasteiger partial charge in [0.15, 0.2) is 0 Å². The maximum atomic E-state index is 6.30. The van der Waals surface area contributed by atoms with Gasteiger partial charge in [-0.05, 0) is 30.4 Å². The molecule has 0 spiro atoms. The molecule has 3 nitrogen and oxygen atoms in total. The van der Waals surface area contributed by atoms with Gasteiger partial charge in [0.05, 0.1) is 23.0 Å². The van der Waals surface area contributed by atoms with Crippen LogP contribution in [-0.4, -0.2) is 9.78 Å². The van der Waals surface area contributed by atoms with Gasteiger partial charge in [0.25, 0.3) is 0 Å². The fraction of sp³-hybridized carbons (Fsp3) is 0.417. The molecule has 0 aliphatic rings. The second-order valence-corrected chi connectivity index (χ2v) is 5.40. The molecule has 1 atom stereocenters. The van der Waals surface area contributed by atoms with Gasteiger partial charge in [-0.3, -0.25) is 4.68 Å². The number of nitrogens with two attached hydrogens (primary N) is 1. The molecule has 0 aliphatic heterocycles. The van der Waals surface area contributed by atoms with Crippen LogP contribution in [0.2, 0.25) is 5.02 Å². The molecule has 2 aromatic heterocycles. The predicted octanol–water partition coefficient (Wildman–Crippen LogP) is 3.36. The molecule has 0 saturated carbocycles. The van der Waals surface area contributed by atoms with E-state index in [0.29, 0.717) is 5.02 Å². The summed E-state index contributed by atoms with van der Waals surface area (Å²) in [5.74, 6) is 0. The first-order valence-electron chi connectivity index (χ1n) is 5.66. The van der Waals surface area contributed by atoms with Crippen LogP contribution >= 0.6 is 22.9 Å². The van der Waals surface area contributed by atoms with E-state index in [9.17, 15) is 0 Å². The molecule has 2 heterocycles. The Labute approximate surface area is 110 Å². The third-order valence-electron chi connectivity index (χ3n) is 2.75. The Hall–Kier alpha value is -0.840. The van der Waals surface area contributed by atoms with Crippen LogP contribution in [0.25, 0.3) is 0 Å². The van der Waals surface area contributed by atoms with Crippen molar-refractivity contribution in [2.75, 3.05) is 0 Å². The molecule has 0 radical (unpaired) electrons. The van der Waals surface area contributed by atoms with Crippen LogP contribution < -0.4 is 5.73 Å². The van der Waals surface area contributed by atoms with Crippen molar-refractivity contribution in [3.8, 4) is 0 Å². The van der Waals surface area contributed by atoms with E-state index in [1.54, 1.807) is 17.5 Å². The molecule has 0 amide bonds. The fourth-order valence-electron chi connectivity index (χ4n) is 1.90. The number of aryl methyl sites for hydroxylation is 2. The number of hydrogen-bond donors (Lipinski definition) is 1. The van der Waals surface area contributed by atoms with Gasteiger partial charge in [-0.1, -0.05) is 18.5 Å². The summed E-state index contributed by atoms with van der Waals surface area (Å²) in [5, 5.41) is 6.98. The van der Waals surface area contributed by atoms with Crippen molar-refractivity contribution < 1.29 is 0 Å². The van der Waals surface area contributed by atoms with Crippen LogP contribution in [-0.2, 0) is 6.54 Å². The number of thiophene rings is 1. The molecule has 2 aromatic rings. The Morgan fingerprint density at radius 1 is 1.59 bits per heavy atom. The normalized spacial score (nSPS) is 12.9. The largest absolute Gasteiger partial charge is 0.318 e. The van der Waals surface area contributed by atoms with Crippen LogP contribution in [0, 0.1) is 6.92 Å². The molecule has 5 heteroatoms. The van der Waals surface area contributed by atoms with Gasteiger partial charge in [-0.2, -0.15) is 5.10 Å². The van der Waals surface area contributed by atoms with Crippen molar-refractivity contribution in [3.63, 3.8) is 0 Å². The van der Waals surface area contributed by atoms with Gasteiger partial charge in [-0.15, -0.1) is 11.3 Å². The van der Waals surface area contributed by atoms with Crippen LogP contribution in [0.3, 0.4) is 0 Å². The lowest BCUT2D eigenvalue weighted by Gasteiger charge is -2.14. The van der Waals surface area contributed by atoms with Crippen LogP contribution in [0.1, 0.15) is 35.5 Å². The van der Waals surface area contributed by atoms with E-state index in [1.807, 2.05) is 4.68 Å². The average molecular weight is 270 g/mol. The maximum absolute atomic E-state index is 6.30. The standard InChI is InChI=1S/C12H16ClN3S/c1-3-5-16-11(9(13)7-15-16)10(14)12-8(2)4-6-17-12/h4,6-7,10H,3,5,14H2,1-2H3. The summed E-state index contributed by atoms with van der Waals surface area (Å²) < 4.78 is 1.91. The molecular formula is C12H16ClN3S. The van der Waals surface area contributed by atoms with Crippen molar-refractivity contribution in [3.05, 3.63) is 38.8 Å². The lowest BCUT2D eigenvalue weighted by Crippen LogP contribution is -2.17. The zero-order valence-corrected chi connectivity index (χ0v) is 11.6. The van der Waals surface area contributed by atoms with Crippen LogP contribution in [0.4, 0.5) is 0 Å². The Morgan fingerprint density at radius 2 is 2.35 bits per heavy atom. The second kappa shape index (κ2) is 5.21. The van der Waals surface area contributed by atoms with E-state index in [0.717, 1.165) is 23.5 Å². The van der Waals surface area contributed by atoms with Crippen molar-refractivity contribution in [2.24, 2.45) is 5.73 Å². The van der Waals surface area contributed by atoms with Crippen molar-refractivity contribution >= 4 is 22.9 Å². The predicted molar refractivity (Wildman–Crippen MR) is 72.6 cm³/mol.